The van der Waals surface area contributed by atoms with E-state index in [-0.39, 0.29) is 11.6 Å². The summed E-state index contributed by atoms with van der Waals surface area (Å²) in [5.74, 6) is -0.144. The van der Waals surface area contributed by atoms with Crippen LogP contribution < -0.4 is 4.74 Å². The summed E-state index contributed by atoms with van der Waals surface area (Å²) in [7, 11) is 0. The second-order valence-electron chi connectivity index (χ2n) is 2.95. The van der Waals surface area contributed by atoms with Gasteiger partial charge in [0.25, 0.3) is 0 Å². The number of hydrogen-bond acceptors (Lipinski definition) is 2. The zero-order valence-electron chi connectivity index (χ0n) is 7.84. The molecule has 0 spiro atoms. The van der Waals surface area contributed by atoms with Crippen LogP contribution in [0.2, 0.25) is 5.02 Å². The maximum absolute atomic E-state index is 12.9. The summed E-state index contributed by atoms with van der Waals surface area (Å²) >= 11 is 5.49. The summed E-state index contributed by atoms with van der Waals surface area (Å²) < 4.78 is 18.1. The van der Waals surface area contributed by atoms with Crippen LogP contribution in [0.4, 0.5) is 4.39 Å². The van der Waals surface area contributed by atoms with Crippen LogP contribution in [-0.4, -0.2) is 17.8 Å². The van der Waals surface area contributed by atoms with E-state index in [1.807, 2.05) is 6.92 Å². The number of ether oxygens (including phenoxy) is 1. The molecule has 0 heterocycles. The molecule has 78 valence electrons. The Labute approximate surface area is 87.3 Å². The average molecular weight is 219 g/mol. The van der Waals surface area contributed by atoms with Gasteiger partial charge in [-0.25, -0.2) is 4.39 Å². The van der Waals surface area contributed by atoms with Crippen molar-refractivity contribution in [3.05, 3.63) is 29.0 Å². The van der Waals surface area contributed by atoms with E-state index in [4.69, 9.17) is 16.3 Å². The van der Waals surface area contributed by atoms with Gasteiger partial charge in [-0.2, -0.15) is 0 Å². The van der Waals surface area contributed by atoms with Crippen LogP contribution in [0.1, 0.15) is 13.3 Å². The lowest BCUT2D eigenvalue weighted by molar-refractivity contribution is 0.104. The number of aliphatic hydroxyl groups excluding tert-OH is 1. The van der Waals surface area contributed by atoms with E-state index in [1.165, 1.54) is 12.1 Å². The lowest BCUT2D eigenvalue weighted by atomic mass is 10.3. The van der Waals surface area contributed by atoms with E-state index in [1.54, 1.807) is 6.07 Å². The van der Waals surface area contributed by atoms with Crippen molar-refractivity contribution in [3.8, 4) is 5.75 Å². The molecular weight excluding hydrogens is 207 g/mol. The summed E-state index contributed by atoms with van der Waals surface area (Å²) in [6.07, 6.45) is 0.0875. The summed E-state index contributed by atoms with van der Waals surface area (Å²) in [5.41, 5.74) is 0. The molecule has 0 aliphatic rings. The Morgan fingerprint density at radius 2 is 2.29 bits per heavy atom. The highest BCUT2D eigenvalue weighted by Crippen LogP contribution is 2.20. The minimum Gasteiger partial charge on any atom is -0.491 e. The lowest BCUT2D eigenvalue weighted by Gasteiger charge is -2.10. The van der Waals surface area contributed by atoms with E-state index in [0.29, 0.717) is 12.2 Å². The van der Waals surface area contributed by atoms with Crippen molar-refractivity contribution in [2.75, 3.05) is 6.61 Å². The minimum absolute atomic E-state index is 0.0633. The molecule has 0 saturated carbocycles. The van der Waals surface area contributed by atoms with Gasteiger partial charge in [0.05, 0.1) is 11.1 Å². The molecule has 1 rings (SSSR count). The Balaban J connectivity index is 2.55. The predicted octanol–water partition coefficient (Wildman–Crippen LogP) is 2.63. The molecular formula is C10H12ClFO2. The number of aliphatic hydroxyl groups is 1. The van der Waals surface area contributed by atoms with Crippen LogP contribution in [0.3, 0.4) is 0 Å². The number of benzene rings is 1. The highest BCUT2D eigenvalue weighted by Gasteiger charge is 2.04. The molecule has 1 aromatic rings. The van der Waals surface area contributed by atoms with Gasteiger partial charge in [0.2, 0.25) is 0 Å². The van der Waals surface area contributed by atoms with Crippen LogP contribution in [0, 0.1) is 5.82 Å². The van der Waals surface area contributed by atoms with Crippen molar-refractivity contribution in [2.24, 2.45) is 0 Å². The van der Waals surface area contributed by atoms with Gasteiger partial charge in [0, 0.05) is 6.07 Å². The van der Waals surface area contributed by atoms with Crippen molar-refractivity contribution < 1.29 is 14.2 Å². The molecule has 0 fully saturated rings. The quantitative estimate of drug-likeness (QED) is 0.842. The molecule has 0 amide bonds. The molecule has 0 bridgehead atoms. The SMILES string of the molecule is CCC(O)COc1ccc(Cl)c(F)c1. The van der Waals surface area contributed by atoms with Crippen LogP contribution in [-0.2, 0) is 0 Å². The summed E-state index contributed by atoms with van der Waals surface area (Å²) in [6, 6.07) is 4.18. The Kier molecular flexibility index (Phi) is 4.17. The largest absolute Gasteiger partial charge is 0.491 e. The van der Waals surface area contributed by atoms with Gasteiger partial charge in [0.15, 0.2) is 0 Å². The third-order valence-electron chi connectivity index (χ3n) is 1.80. The maximum Gasteiger partial charge on any atom is 0.145 e. The molecule has 1 N–H and O–H groups in total. The van der Waals surface area contributed by atoms with Crippen LogP contribution >= 0.6 is 11.6 Å². The fourth-order valence-corrected chi connectivity index (χ4v) is 0.994. The molecule has 4 heteroatoms. The summed E-state index contributed by atoms with van der Waals surface area (Å²) in [5, 5.41) is 9.26. The number of hydrogen-bond donors (Lipinski definition) is 1. The van der Waals surface area contributed by atoms with E-state index in [0.717, 1.165) is 0 Å². The first-order valence-corrected chi connectivity index (χ1v) is 4.77. The Hall–Kier alpha value is -0.800. The highest BCUT2D eigenvalue weighted by molar-refractivity contribution is 6.30. The van der Waals surface area contributed by atoms with Crippen molar-refractivity contribution >= 4 is 11.6 Å². The van der Waals surface area contributed by atoms with Gasteiger partial charge in [-0.05, 0) is 18.6 Å². The number of halogens is 2. The highest BCUT2D eigenvalue weighted by atomic mass is 35.5. The molecule has 1 unspecified atom stereocenters. The zero-order chi connectivity index (χ0) is 10.6. The molecule has 0 aromatic heterocycles. The normalized spacial score (nSPS) is 12.6. The van der Waals surface area contributed by atoms with Crippen molar-refractivity contribution in [2.45, 2.75) is 19.4 Å². The van der Waals surface area contributed by atoms with Gasteiger partial charge in [0.1, 0.15) is 18.2 Å². The minimum atomic E-state index is -0.520. The van der Waals surface area contributed by atoms with Crippen molar-refractivity contribution in [1.29, 1.82) is 0 Å². The monoisotopic (exact) mass is 218 g/mol. The molecule has 2 nitrogen and oxygen atoms in total. The summed E-state index contributed by atoms with van der Waals surface area (Å²) in [6.45, 7) is 2.01. The molecule has 1 atom stereocenters. The van der Waals surface area contributed by atoms with Gasteiger partial charge in [-0.1, -0.05) is 18.5 Å². The fraction of sp³-hybridized carbons (Fsp3) is 0.400. The van der Waals surface area contributed by atoms with Gasteiger partial charge in [-0.3, -0.25) is 0 Å². The smallest absolute Gasteiger partial charge is 0.145 e. The van der Waals surface area contributed by atoms with Gasteiger partial charge < -0.3 is 9.84 Å². The molecule has 14 heavy (non-hydrogen) atoms. The van der Waals surface area contributed by atoms with Crippen LogP contribution in [0.25, 0.3) is 0 Å². The maximum atomic E-state index is 12.9. The van der Waals surface area contributed by atoms with Crippen LogP contribution in [0.15, 0.2) is 18.2 Å². The lowest BCUT2D eigenvalue weighted by Crippen LogP contribution is -2.15. The standard InChI is InChI=1S/C10H12ClFO2/c1-2-7(13)6-14-8-3-4-9(11)10(12)5-8/h3-5,7,13H,2,6H2,1H3. The summed E-state index contributed by atoms with van der Waals surface area (Å²) in [4.78, 5) is 0. The predicted molar refractivity (Wildman–Crippen MR) is 53.2 cm³/mol. The average Bonchev–Trinajstić information content (AvgIpc) is 2.19. The third-order valence-corrected chi connectivity index (χ3v) is 2.11. The molecule has 0 aliphatic carbocycles. The molecule has 0 aliphatic heterocycles. The molecule has 0 saturated heterocycles. The van der Waals surface area contributed by atoms with E-state index < -0.39 is 11.9 Å². The second kappa shape index (κ2) is 5.17. The van der Waals surface area contributed by atoms with E-state index >= 15 is 0 Å². The Bertz CT molecular complexity index is 304. The van der Waals surface area contributed by atoms with E-state index in [9.17, 15) is 9.50 Å². The van der Waals surface area contributed by atoms with Gasteiger partial charge >= 0.3 is 0 Å². The first kappa shape index (κ1) is 11.3. The second-order valence-corrected chi connectivity index (χ2v) is 3.36. The zero-order valence-corrected chi connectivity index (χ0v) is 8.59. The Morgan fingerprint density at radius 3 is 2.86 bits per heavy atom. The van der Waals surface area contributed by atoms with Crippen LogP contribution in [0.5, 0.6) is 5.75 Å². The van der Waals surface area contributed by atoms with Crippen molar-refractivity contribution in [1.82, 2.24) is 0 Å². The Morgan fingerprint density at radius 1 is 1.57 bits per heavy atom. The first-order chi connectivity index (χ1) is 6.63. The number of rotatable bonds is 4. The third kappa shape index (κ3) is 3.16. The topological polar surface area (TPSA) is 29.5 Å². The van der Waals surface area contributed by atoms with E-state index in [2.05, 4.69) is 0 Å². The fourth-order valence-electron chi connectivity index (χ4n) is 0.877. The first-order valence-electron chi connectivity index (χ1n) is 4.39. The molecule has 1 aromatic carbocycles. The molecule has 0 radical (unpaired) electrons. The van der Waals surface area contributed by atoms with Crippen molar-refractivity contribution in [3.63, 3.8) is 0 Å². The van der Waals surface area contributed by atoms with Gasteiger partial charge in [-0.15, -0.1) is 0 Å².